The number of nitrogens with one attached hydrogen (secondary N) is 1. The highest BCUT2D eigenvalue weighted by Gasteiger charge is 2.41. The topological polar surface area (TPSA) is 125 Å². The van der Waals surface area contributed by atoms with Crippen LogP contribution in [-0.2, 0) is 9.59 Å². The zero-order chi connectivity index (χ0) is 25.9. The van der Waals surface area contributed by atoms with Gasteiger partial charge in [0.05, 0.1) is 23.3 Å². The molecule has 3 N–H and O–H groups in total. The number of rotatable bonds is 6. The Kier molecular flexibility index (Phi) is 7.08. The second-order valence-electron chi connectivity index (χ2n) is 8.78. The number of aryl methyl sites for hydroxylation is 1. The monoisotopic (exact) mass is 528 g/mol. The van der Waals surface area contributed by atoms with Gasteiger partial charge < -0.3 is 11.1 Å². The van der Waals surface area contributed by atoms with E-state index in [-0.39, 0.29) is 23.3 Å². The summed E-state index contributed by atoms with van der Waals surface area (Å²) in [6, 6.07) is 19.4. The van der Waals surface area contributed by atoms with Gasteiger partial charge in [0.15, 0.2) is 10.1 Å². The Morgan fingerprint density at radius 1 is 1.19 bits per heavy atom. The van der Waals surface area contributed by atoms with Crippen molar-refractivity contribution in [2.24, 2.45) is 5.73 Å². The second kappa shape index (κ2) is 10.6. The number of nitrogens with zero attached hydrogens (tertiary/aromatic N) is 4. The molecule has 0 spiro atoms. The Morgan fingerprint density at radius 2 is 1.95 bits per heavy atom. The van der Waals surface area contributed by atoms with Crippen molar-refractivity contribution in [3.05, 3.63) is 88.4 Å². The lowest BCUT2D eigenvalue weighted by molar-refractivity contribution is -0.116. The number of nitriles is 1. The number of benzene rings is 2. The summed E-state index contributed by atoms with van der Waals surface area (Å²) in [5.74, 6) is -0.206. The Balaban J connectivity index is 1.40. The minimum Gasteiger partial charge on any atom is -0.384 e. The van der Waals surface area contributed by atoms with Gasteiger partial charge in [0.2, 0.25) is 11.0 Å². The Hall–Kier alpha value is -3.94. The van der Waals surface area contributed by atoms with Gasteiger partial charge >= 0.3 is 0 Å². The number of carbonyl (C=O) groups is 2. The molecule has 1 aromatic heterocycles. The molecule has 0 saturated carbocycles. The van der Waals surface area contributed by atoms with Crippen molar-refractivity contribution < 1.29 is 9.59 Å². The number of hydrogen-bond acceptors (Lipinski definition) is 9. The normalized spacial score (nSPS) is 17.5. The van der Waals surface area contributed by atoms with Gasteiger partial charge in [-0.2, -0.15) is 5.26 Å². The maximum atomic E-state index is 13.2. The molecule has 0 radical (unpaired) electrons. The van der Waals surface area contributed by atoms with Crippen LogP contribution >= 0.6 is 23.1 Å². The lowest BCUT2D eigenvalue weighted by Crippen LogP contribution is -2.38. The highest BCUT2D eigenvalue weighted by Crippen LogP contribution is 2.47. The van der Waals surface area contributed by atoms with Crippen LogP contribution in [0.5, 0.6) is 0 Å². The largest absolute Gasteiger partial charge is 0.384 e. The van der Waals surface area contributed by atoms with E-state index >= 15 is 0 Å². The minimum absolute atomic E-state index is 0.0206. The third-order valence-electron chi connectivity index (χ3n) is 6.30. The summed E-state index contributed by atoms with van der Waals surface area (Å²) in [6.45, 7) is 1.99. The average molecular weight is 529 g/mol. The summed E-state index contributed by atoms with van der Waals surface area (Å²) in [4.78, 5) is 27.3. The molecule has 186 valence electrons. The Labute approximate surface area is 222 Å². The van der Waals surface area contributed by atoms with Gasteiger partial charge in [0.25, 0.3) is 0 Å². The standard InChI is InChI=1S/C27H24N6O2S2/c1-16-10-12-18(13-11-16)30-22(35)15-36-27-32-31-26(37-27)33-20-8-5-9-21(34)24(20)23(19(14-28)25(33)29)17-6-3-2-4-7-17/h2-4,6-7,10-13,23H,5,8-9,15,29H2,1H3,(H,30,35). The fraction of sp³-hybridized carbons (Fsp3) is 0.222. The molecule has 2 aromatic carbocycles. The van der Waals surface area contributed by atoms with Crippen LogP contribution in [0.25, 0.3) is 0 Å². The maximum Gasteiger partial charge on any atom is 0.234 e. The molecule has 37 heavy (non-hydrogen) atoms. The van der Waals surface area contributed by atoms with Crippen molar-refractivity contribution in [2.75, 3.05) is 16.0 Å². The lowest BCUT2D eigenvalue weighted by Gasteiger charge is -2.38. The molecule has 1 aliphatic heterocycles. The van der Waals surface area contributed by atoms with Crippen LogP contribution in [0.15, 0.2) is 81.6 Å². The summed E-state index contributed by atoms with van der Waals surface area (Å²) in [5.41, 5.74) is 11.0. The van der Waals surface area contributed by atoms with E-state index in [1.54, 1.807) is 4.90 Å². The third kappa shape index (κ3) is 5.01. The fourth-order valence-electron chi connectivity index (χ4n) is 4.60. The first kappa shape index (κ1) is 24.7. The van der Waals surface area contributed by atoms with Gasteiger partial charge in [-0.1, -0.05) is 71.1 Å². The highest BCUT2D eigenvalue weighted by atomic mass is 32.2. The summed E-state index contributed by atoms with van der Waals surface area (Å²) in [7, 11) is 0. The van der Waals surface area contributed by atoms with Crippen molar-refractivity contribution in [2.45, 2.75) is 36.4 Å². The van der Waals surface area contributed by atoms with Crippen molar-refractivity contribution >= 4 is 45.6 Å². The Morgan fingerprint density at radius 3 is 2.68 bits per heavy atom. The lowest BCUT2D eigenvalue weighted by atomic mass is 9.76. The average Bonchev–Trinajstić information content (AvgIpc) is 3.37. The van der Waals surface area contributed by atoms with Gasteiger partial charge in [-0.3, -0.25) is 14.5 Å². The zero-order valence-corrected chi connectivity index (χ0v) is 21.7. The summed E-state index contributed by atoms with van der Waals surface area (Å²) in [6.07, 6.45) is 1.77. The molecule has 0 bridgehead atoms. The first-order valence-corrected chi connectivity index (χ1v) is 13.6. The number of ketones is 1. The molecule has 8 nitrogen and oxygen atoms in total. The molecule has 0 fully saturated rings. The summed E-state index contributed by atoms with van der Waals surface area (Å²) in [5, 5.41) is 22.0. The van der Waals surface area contributed by atoms with Gasteiger partial charge in [-0.25, -0.2) is 0 Å². The summed E-state index contributed by atoms with van der Waals surface area (Å²) < 4.78 is 0.592. The van der Waals surface area contributed by atoms with Gasteiger partial charge in [-0.05, 0) is 37.5 Å². The molecule has 2 heterocycles. The first-order chi connectivity index (χ1) is 18.0. The van der Waals surface area contributed by atoms with Crippen LogP contribution in [-0.4, -0.2) is 27.6 Å². The predicted octanol–water partition coefficient (Wildman–Crippen LogP) is 4.88. The first-order valence-electron chi connectivity index (χ1n) is 11.8. The number of anilines is 2. The van der Waals surface area contributed by atoms with E-state index in [1.165, 1.54) is 23.1 Å². The second-order valence-corrected chi connectivity index (χ2v) is 11.0. The van der Waals surface area contributed by atoms with Gasteiger partial charge in [0.1, 0.15) is 5.82 Å². The van der Waals surface area contributed by atoms with Crippen molar-refractivity contribution in [3.8, 4) is 6.07 Å². The molecule has 1 amide bonds. The molecular formula is C27H24N6O2S2. The van der Waals surface area contributed by atoms with Crippen molar-refractivity contribution in [1.29, 1.82) is 5.26 Å². The molecule has 10 heteroatoms. The Bertz CT molecular complexity index is 1450. The number of allylic oxidation sites excluding steroid dienone is 3. The van der Waals surface area contributed by atoms with E-state index in [1.807, 2.05) is 61.5 Å². The number of aromatic nitrogens is 2. The SMILES string of the molecule is Cc1ccc(NC(=O)CSc2nnc(N3C(N)=C(C#N)C(c4ccccc4)C4=C3CCCC4=O)s2)cc1. The van der Waals surface area contributed by atoms with Crippen LogP contribution in [0.2, 0.25) is 0 Å². The van der Waals surface area contributed by atoms with Gasteiger partial charge in [-0.15, -0.1) is 10.2 Å². The molecule has 1 aliphatic carbocycles. The quantitative estimate of drug-likeness (QED) is 0.434. The third-order valence-corrected chi connectivity index (χ3v) is 8.34. The van der Waals surface area contributed by atoms with Crippen LogP contribution in [0.3, 0.4) is 0 Å². The van der Waals surface area contributed by atoms with E-state index in [0.717, 1.165) is 22.5 Å². The maximum absolute atomic E-state index is 13.2. The van der Waals surface area contributed by atoms with Crippen molar-refractivity contribution in [3.63, 3.8) is 0 Å². The molecule has 3 aromatic rings. The molecular weight excluding hydrogens is 504 g/mol. The zero-order valence-electron chi connectivity index (χ0n) is 20.1. The molecule has 5 rings (SSSR count). The molecule has 0 saturated heterocycles. The van der Waals surface area contributed by atoms with E-state index in [4.69, 9.17) is 5.73 Å². The van der Waals surface area contributed by atoms with Crippen LogP contribution in [0.1, 0.15) is 36.3 Å². The molecule has 1 atom stereocenters. The van der Waals surface area contributed by atoms with Crippen LogP contribution < -0.4 is 16.0 Å². The number of carbonyl (C=O) groups excluding carboxylic acids is 2. The minimum atomic E-state index is -0.502. The number of nitrogens with two attached hydrogens (primary N) is 1. The van der Waals surface area contributed by atoms with Crippen LogP contribution in [0, 0.1) is 18.3 Å². The predicted molar refractivity (Wildman–Crippen MR) is 145 cm³/mol. The van der Waals surface area contributed by atoms with Gasteiger partial charge in [0, 0.05) is 23.4 Å². The highest BCUT2D eigenvalue weighted by molar-refractivity contribution is 8.01. The fourth-order valence-corrected chi connectivity index (χ4v) is 6.28. The summed E-state index contributed by atoms with van der Waals surface area (Å²) >= 11 is 2.55. The van der Waals surface area contributed by atoms with E-state index in [2.05, 4.69) is 21.6 Å². The number of Topliss-reactive ketones (excluding diaryl/α,β-unsaturated/α-hetero) is 1. The smallest absolute Gasteiger partial charge is 0.234 e. The number of thioether (sulfide) groups is 1. The van der Waals surface area contributed by atoms with Crippen LogP contribution in [0.4, 0.5) is 10.8 Å². The number of amides is 1. The van der Waals surface area contributed by atoms with E-state index in [0.29, 0.717) is 39.9 Å². The van der Waals surface area contributed by atoms with Crippen molar-refractivity contribution in [1.82, 2.24) is 10.2 Å². The molecule has 1 unspecified atom stereocenters. The number of hydrogen-bond donors (Lipinski definition) is 2. The van der Waals surface area contributed by atoms with E-state index in [9.17, 15) is 14.9 Å². The van der Waals surface area contributed by atoms with E-state index < -0.39 is 5.92 Å². The molecule has 2 aliphatic rings.